The average molecular weight is 357 g/mol. The predicted octanol–water partition coefficient (Wildman–Crippen LogP) is 4.36. The monoisotopic (exact) mass is 356 g/mol. The third-order valence-corrected chi connectivity index (χ3v) is 3.99. The van der Waals surface area contributed by atoms with E-state index in [1.165, 1.54) is 0 Å². The number of halogens is 2. The van der Waals surface area contributed by atoms with E-state index in [4.69, 9.17) is 32.9 Å². The molecule has 0 spiro atoms. The van der Waals surface area contributed by atoms with Crippen LogP contribution in [0.4, 0.5) is 0 Å². The largest absolute Gasteiger partial charge is 0.381 e. The maximum atomic E-state index is 12.2. The van der Waals surface area contributed by atoms with Crippen LogP contribution in [0.2, 0.25) is 5.02 Å². The Kier molecular flexibility index (Phi) is 5.01. The third kappa shape index (κ3) is 4.24. The smallest absolute Gasteiger partial charge is 0.377 e. The lowest BCUT2D eigenvalue weighted by molar-refractivity contribution is -0.167. The van der Waals surface area contributed by atoms with Crippen LogP contribution in [0.15, 0.2) is 34.6 Å². The first-order chi connectivity index (χ1) is 10.6. The van der Waals surface area contributed by atoms with E-state index < -0.39 is 11.6 Å². The standard InChI is InChI=1S/C16H18Cl2N2O3/c1-15(2,3)12-9-16(4,23-19-12)14(21)22-20-13(18)10-5-7-11(17)8-6-10/h5-8H,9H2,1-4H3/b20-13-. The number of benzene rings is 1. The van der Waals surface area contributed by atoms with Crippen LogP contribution in [0, 0.1) is 5.41 Å². The summed E-state index contributed by atoms with van der Waals surface area (Å²) in [6, 6.07) is 6.69. The van der Waals surface area contributed by atoms with Crippen LogP contribution in [-0.2, 0) is 14.5 Å². The van der Waals surface area contributed by atoms with Crippen molar-refractivity contribution in [2.75, 3.05) is 0 Å². The molecule has 0 amide bonds. The summed E-state index contributed by atoms with van der Waals surface area (Å²) in [5, 5.41) is 8.28. The normalized spacial score (nSPS) is 21.7. The van der Waals surface area contributed by atoms with Crippen LogP contribution in [0.5, 0.6) is 0 Å². The molecule has 0 aliphatic carbocycles. The van der Waals surface area contributed by atoms with Gasteiger partial charge < -0.3 is 9.68 Å². The fourth-order valence-corrected chi connectivity index (χ4v) is 2.16. The van der Waals surface area contributed by atoms with Crippen LogP contribution in [0.3, 0.4) is 0 Å². The van der Waals surface area contributed by atoms with Gasteiger partial charge in [0.2, 0.25) is 5.60 Å². The number of hydrogen-bond acceptors (Lipinski definition) is 5. The molecule has 1 heterocycles. The number of carbonyl (C=O) groups excluding carboxylic acids is 1. The molecular weight excluding hydrogens is 339 g/mol. The van der Waals surface area contributed by atoms with Crippen LogP contribution in [0.1, 0.15) is 39.7 Å². The molecule has 1 aromatic carbocycles. The van der Waals surface area contributed by atoms with Crippen molar-refractivity contribution in [1.29, 1.82) is 0 Å². The van der Waals surface area contributed by atoms with E-state index in [1.54, 1.807) is 31.2 Å². The summed E-state index contributed by atoms with van der Waals surface area (Å²) in [4.78, 5) is 22.4. The molecule has 0 aromatic heterocycles. The molecule has 1 aliphatic heterocycles. The van der Waals surface area contributed by atoms with E-state index in [-0.39, 0.29) is 10.6 Å². The highest BCUT2D eigenvalue weighted by Gasteiger charge is 2.46. The van der Waals surface area contributed by atoms with E-state index in [2.05, 4.69) is 10.3 Å². The lowest BCUT2D eigenvalue weighted by Gasteiger charge is -2.20. The zero-order chi connectivity index (χ0) is 17.3. The highest BCUT2D eigenvalue weighted by Crippen LogP contribution is 2.32. The highest BCUT2D eigenvalue weighted by molar-refractivity contribution is 6.69. The van der Waals surface area contributed by atoms with Crippen LogP contribution in [0.25, 0.3) is 0 Å². The number of nitrogens with zero attached hydrogens (tertiary/aromatic N) is 2. The average Bonchev–Trinajstić information content (AvgIpc) is 2.89. The molecular formula is C16H18Cl2N2O3. The van der Waals surface area contributed by atoms with Crippen LogP contribution < -0.4 is 0 Å². The quantitative estimate of drug-likeness (QED) is 0.459. The van der Waals surface area contributed by atoms with Gasteiger partial charge in [-0.1, -0.05) is 66.4 Å². The first-order valence-electron chi connectivity index (χ1n) is 7.08. The number of oxime groups is 2. The molecule has 2 rings (SSSR count). The summed E-state index contributed by atoms with van der Waals surface area (Å²) in [6.07, 6.45) is 0.351. The lowest BCUT2D eigenvalue weighted by atomic mass is 9.84. The maximum Gasteiger partial charge on any atom is 0.381 e. The van der Waals surface area contributed by atoms with E-state index in [1.807, 2.05) is 20.8 Å². The first kappa shape index (κ1) is 17.8. The first-order valence-corrected chi connectivity index (χ1v) is 7.84. The van der Waals surface area contributed by atoms with Gasteiger partial charge in [-0.25, -0.2) is 4.79 Å². The van der Waals surface area contributed by atoms with Gasteiger partial charge in [-0.15, -0.1) is 0 Å². The Bertz CT molecular complexity index is 663. The van der Waals surface area contributed by atoms with Crippen LogP contribution >= 0.6 is 23.2 Å². The minimum atomic E-state index is -1.19. The van der Waals surface area contributed by atoms with Gasteiger partial charge in [0.25, 0.3) is 0 Å². The van der Waals surface area contributed by atoms with Crippen molar-refractivity contribution in [2.45, 2.75) is 39.7 Å². The van der Waals surface area contributed by atoms with Gasteiger partial charge in [0.1, 0.15) is 0 Å². The molecule has 0 bridgehead atoms. The maximum absolute atomic E-state index is 12.2. The minimum Gasteiger partial charge on any atom is -0.377 e. The molecule has 0 fully saturated rings. The van der Waals surface area contributed by atoms with E-state index in [9.17, 15) is 4.79 Å². The van der Waals surface area contributed by atoms with Gasteiger partial charge in [-0.3, -0.25) is 0 Å². The molecule has 1 unspecified atom stereocenters. The fourth-order valence-electron chi connectivity index (χ4n) is 1.87. The van der Waals surface area contributed by atoms with Crippen molar-refractivity contribution in [3.63, 3.8) is 0 Å². The molecule has 1 aromatic rings. The van der Waals surface area contributed by atoms with E-state index in [0.29, 0.717) is 17.0 Å². The van der Waals surface area contributed by atoms with Gasteiger partial charge in [0.05, 0.1) is 5.71 Å². The van der Waals surface area contributed by atoms with Gasteiger partial charge in [-0.05, 0) is 19.1 Å². The third-order valence-electron chi connectivity index (χ3n) is 3.45. The summed E-state index contributed by atoms with van der Waals surface area (Å²) in [5.74, 6) is -0.646. The Morgan fingerprint density at radius 3 is 2.48 bits per heavy atom. The highest BCUT2D eigenvalue weighted by atomic mass is 35.5. The zero-order valence-corrected chi connectivity index (χ0v) is 14.9. The molecule has 0 radical (unpaired) electrons. The lowest BCUT2D eigenvalue weighted by Crippen LogP contribution is -2.37. The van der Waals surface area contributed by atoms with E-state index >= 15 is 0 Å². The van der Waals surface area contributed by atoms with Crippen molar-refractivity contribution in [3.8, 4) is 0 Å². The fraction of sp³-hybridized carbons (Fsp3) is 0.438. The summed E-state index contributed by atoms with van der Waals surface area (Å²) >= 11 is 11.8. The molecule has 5 nitrogen and oxygen atoms in total. The van der Waals surface area contributed by atoms with Crippen molar-refractivity contribution >= 4 is 40.1 Å². The summed E-state index contributed by atoms with van der Waals surface area (Å²) in [7, 11) is 0. The Morgan fingerprint density at radius 2 is 1.96 bits per heavy atom. The Balaban J connectivity index is 2.02. The summed E-state index contributed by atoms with van der Waals surface area (Å²) in [6.45, 7) is 7.62. The molecule has 124 valence electrons. The van der Waals surface area contributed by atoms with Crippen LogP contribution in [-0.4, -0.2) is 22.5 Å². The Morgan fingerprint density at radius 1 is 1.35 bits per heavy atom. The molecule has 1 aliphatic rings. The SMILES string of the molecule is CC(C)(C)C1=NOC(C)(C(=O)O/N=C(\Cl)c2ccc(Cl)cc2)C1. The zero-order valence-electron chi connectivity index (χ0n) is 13.4. The molecule has 23 heavy (non-hydrogen) atoms. The van der Waals surface area contributed by atoms with E-state index in [0.717, 1.165) is 5.71 Å². The Labute approximate surface area is 145 Å². The summed E-state index contributed by atoms with van der Waals surface area (Å²) < 4.78 is 0. The van der Waals surface area contributed by atoms with Crippen molar-refractivity contribution in [3.05, 3.63) is 34.9 Å². The number of hydrogen-bond donors (Lipinski definition) is 0. The topological polar surface area (TPSA) is 60.2 Å². The molecule has 7 heteroatoms. The predicted molar refractivity (Wildman–Crippen MR) is 90.9 cm³/mol. The Hall–Kier alpha value is -1.59. The number of rotatable bonds is 3. The second-order valence-corrected chi connectivity index (χ2v) is 7.35. The number of carbonyl (C=O) groups is 1. The van der Waals surface area contributed by atoms with Gasteiger partial charge in [-0.2, -0.15) is 0 Å². The van der Waals surface area contributed by atoms with Gasteiger partial charge in [0.15, 0.2) is 5.17 Å². The summed E-state index contributed by atoms with van der Waals surface area (Å²) in [5.41, 5.74) is 0.0173. The van der Waals surface area contributed by atoms with Crippen molar-refractivity contribution < 1.29 is 14.5 Å². The second-order valence-electron chi connectivity index (χ2n) is 6.55. The van der Waals surface area contributed by atoms with Gasteiger partial charge >= 0.3 is 5.97 Å². The molecule has 1 atom stereocenters. The van der Waals surface area contributed by atoms with Gasteiger partial charge in [0, 0.05) is 22.4 Å². The van der Waals surface area contributed by atoms with Crippen molar-refractivity contribution in [2.24, 2.45) is 15.7 Å². The molecule has 0 saturated carbocycles. The second kappa shape index (κ2) is 6.49. The molecule has 0 saturated heterocycles. The molecule has 0 N–H and O–H groups in total. The minimum absolute atomic E-state index is 0.0496. The van der Waals surface area contributed by atoms with Crippen molar-refractivity contribution in [1.82, 2.24) is 0 Å².